The number of nitrogens with zero attached hydrogens (tertiary/aromatic N) is 2. The van der Waals surface area contributed by atoms with E-state index in [0.29, 0.717) is 36.5 Å². The Morgan fingerprint density at radius 3 is 2.25 bits per heavy atom. The van der Waals surface area contributed by atoms with Gasteiger partial charge in [0.25, 0.3) is 10.2 Å². The van der Waals surface area contributed by atoms with Gasteiger partial charge in [0.15, 0.2) is 0 Å². The van der Waals surface area contributed by atoms with Crippen LogP contribution in [-0.4, -0.2) is 50.3 Å². The molecule has 2 aromatic carbocycles. The third kappa shape index (κ3) is 4.04. The maximum atomic E-state index is 13.0. The largest absolute Gasteiger partial charge is 0.496 e. The average Bonchev–Trinajstić information content (AvgIpc) is 2.96. The number of carbonyl (C=O) groups excluding carboxylic acids is 1. The minimum atomic E-state index is -3.61. The summed E-state index contributed by atoms with van der Waals surface area (Å²) in [6, 6.07) is 12.6. The molecule has 1 saturated heterocycles. The maximum absolute atomic E-state index is 13.0. The van der Waals surface area contributed by atoms with Gasteiger partial charge < -0.3 is 9.47 Å². The molecular formula is C20H24N2O5S. The number of hydrogen-bond donors (Lipinski definition) is 0. The highest BCUT2D eigenvalue weighted by molar-refractivity contribution is 7.86. The van der Waals surface area contributed by atoms with E-state index in [1.54, 1.807) is 18.2 Å². The van der Waals surface area contributed by atoms with Gasteiger partial charge in [-0.2, -0.15) is 17.0 Å². The lowest BCUT2D eigenvalue weighted by molar-refractivity contribution is 0.0600. The summed E-state index contributed by atoms with van der Waals surface area (Å²) in [5, 5.41) is 0. The van der Waals surface area contributed by atoms with Gasteiger partial charge in [-0.05, 0) is 36.2 Å². The molecule has 0 bridgehead atoms. The van der Waals surface area contributed by atoms with Crippen LogP contribution in [0.3, 0.4) is 0 Å². The number of methoxy groups -OCH3 is 2. The topological polar surface area (TPSA) is 76.2 Å². The van der Waals surface area contributed by atoms with Crippen LogP contribution in [0.4, 0.5) is 0 Å². The fourth-order valence-electron chi connectivity index (χ4n) is 3.25. The molecule has 1 heterocycles. The molecule has 3 rings (SSSR count). The Morgan fingerprint density at radius 1 is 1.00 bits per heavy atom. The maximum Gasteiger partial charge on any atom is 0.337 e. The van der Waals surface area contributed by atoms with E-state index >= 15 is 0 Å². The van der Waals surface area contributed by atoms with Crippen molar-refractivity contribution in [2.24, 2.45) is 0 Å². The van der Waals surface area contributed by atoms with Gasteiger partial charge in [0.2, 0.25) is 0 Å². The number of hydrogen-bond acceptors (Lipinski definition) is 5. The van der Waals surface area contributed by atoms with Crippen LogP contribution in [0.2, 0.25) is 0 Å². The quantitative estimate of drug-likeness (QED) is 0.691. The van der Waals surface area contributed by atoms with Crippen LogP contribution < -0.4 is 4.74 Å². The minimum absolute atomic E-state index is 0.126. The standard InChI is InChI=1S/C20H24N2O5S/c1-15-6-4-5-7-17(15)13-21-10-11-22(28(21,24)25)14-18-12-16(20(23)27-3)8-9-19(18)26-2/h4-9,12H,10-11,13-14H2,1-3H3. The molecule has 0 aliphatic carbocycles. The predicted octanol–water partition coefficient (Wildman–Crippen LogP) is 2.35. The Kier molecular flexibility index (Phi) is 6.02. The fourth-order valence-corrected chi connectivity index (χ4v) is 4.81. The monoisotopic (exact) mass is 404 g/mol. The highest BCUT2D eigenvalue weighted by atomic mass is 32.2. The van der Waals surface area contributed by atoms with E-state index in [2.05, 4.69) is 0 Å². The fraction of sp³-hybridized carbons (Fsp3) is 0.350. The Bertz CT molecular complexity index is 974. The van der Waals surface area contributed by atoms with E-state index < -0.39 is 16.2 Å². The molecule has 2 aromatic rings. The van der Waals surface area contributed by atoms with Crippen LogP contribution in [0.1, 0.15) is 27.0 Å². The Hall–Kier alpha value is -2.42. The zero-order valence-corrected chi connectivity index (χ0v) is 17.0. The third-order valence-electron chi connectivity index (χ3n) is 4.91. The Morgan fingerprint density at radius 2 is 1.64 bits per heavy atom. The van der Waals surface area contributed by atoms with Crippen molar-refractivity contribution in [2.75, 3.05) is 27.3 Å². The van der Waals surface area contributed by atoms with Gasteiger partial charge >= 0.3 is 5.97 Å². The van der Waals surface area contributed by atoms with E-state index in [9.17, 15) is 13.2 Å². The summed E-state index contributed by atoms with van der Waals surface area (Å²) in [6.45, 7) is 3.22. The summed E-state index contributed by atoms with van der Waals surface area (Å²) in [6.07, 6.45) is 0. The first-order valence-corrected chi connectivity index (χ1v) is 10.3. The molecule has 0 amide bonds. The summed E-state index contributed by atoms with van der Waals surface area (Å²) in [4.78, 5) is 11.8. The number of aryl methyl sites for hydroxylation is 1. The molecule has 7 nitrogen and oxygen atoms in total. The number of esters is 1. The van der Waals surface area contributed by atoms with Crippen LogP contribution in [0.5, 0.6) is 5.75 Å². The first kappa shape index (κ1) is 20.3. The lowest BCUT2D eigenvalue weighted by Crippen LogP contribution is -2.32. The normalized spacial score (nSPS) is 16.8. The molecule has 0 atom stereocenters. The molecule has 1 aliphatic heterocycles. The highest BCUT2D eigenvalue weighted by Gasteiger charge is 2.37. The van der Waals surface area contributed by atoms with Gasteiger partial charge in [-0.1, -0.05) is 24.3 Å². The second-order valence-electron chi connectivity index (χ2n) is 6.62. The van der Waals surface area contributed by atoms with Gasteiger partial charge in [0, 0.05) is 31.7 Å². The Labute approximate surface area is 165 Å². The van der Waals surface area contributed by atoms with Crippen LogP contribution in [0, 0.1) is 6.92 Å². The van der Waals surface area contributed by atoms with Crippen LogP contribution in [0.15, 0.2) is 42.5 Å². The van der Waals surface area contributed by atoms with Crippen molar-refractivity contribution in [1.29, 1.82) is 0 Å². The van der Waals surface area contributed by atoms with Crippen molar-refractivity contribution in [1.82, 2.24) is 8.61 Å². The molecule has 0 spiro atoms. The molecule has 0 unspecified atom stereocenters. The summed E-state index contributed by atoms with van der Waals surface area (Å²) >= 11 is 0. The molecule has 28 heavy (non-hydrogen) atoms. The minimum Gasteiger partial charge on any atom is -0.496 e. The van der Waals surface area contributed by atoms with Gasteiger partial charge in [-0.3, -0.25) is 0 Å². The van der Waals surface area contributed by atoms with Gasteiger partial charge in [-0.25, -0.2) is 4.79 Å². The molecule has 0 saturated carbocycles. The van der Waals surface area contributed by atoms with E-state index in [4.69, 9.17) is 9.47 Å². The zero-order chi connectivity index (χ0) is 20.3. The molecule has 0 radical (unpaired) electrons. The van der Waals surface area contributed by atoms with Gasteiger partial charge in [0.1, 0.15) is 5.75 Å². The summed E-state index contributed by atoms with van der Waals surface area (Å²) in [7, 11) is -0.790. The SMILES string of the molecule is COC(=O)c1ccc(OC)c(CN2CCN(Cc3ccccc3C)S2(=O)=O)c1. The van der Waals surface area contributed by atoms with Crippen molar-refractivity contribution in [3.8, 4) is 5.75 Å². The van der Waals surface area contributed by atoms with Crippen molar-refractivity contribution >= 4 is 16.2 Å². The van der Waals surface area contributed by atoms with Crippen LogP contribution in [-0.2, 0) is 28.0 Å². The highest BCUT2D eigenvalue weighted by Crippen LogP contribution is 2.27. The molecule has 0 N–H and O–H groups in total. The lowest BCUT2D eigenvalue weighted by Gasteiger charge is -2.20. The first-order valence-electron chi connectivity index (χ1n) is 8.91. The summed E-state index contributed by atoms with van der Waals surface area (Å²) in [5.74, 6) is 0.0505. The van der Waals surface area contributed by atoms with E-state index in [-0.39, 0.29) is 6.54 Å². The van der Waals surface area contributed by atoms with E-state index in [1.165, 1.54) is 22.8 Å². The third-order valence-corrected chi connectivity index (χ3v) is 6.84. The smallest absolute Gasteiger partial charge is 0.337 e. The van der Waals surface area contributed by atoms with E-state index in [1.807, 2.05) is 31.2 Å². The molecule has 1 aliphatic rings. The first-order chi connectivity index (χ1) is 13.4. The number of benzene rings is 2. The van der Waals surface area contributed by atoms with Crippen LogP contribution in [0.25, 0.3) is 0 Å². The molecular weight excluding hydrogens is 380 g/mol. The molecule has 150 valence electrons. The lowest BCUT2D eigenvalue weighted by atomic mass is 10.1. The van der Waals surface area contributed by atoms with Crippen molar-refractivity contribution < 1.29 is 22.7 Å². The van der Waals surface area contributed by atoms with Crippen molar-refractivity contribution in [2.45, 2.75) is 20.0 Å². The summed E-state index contributed by atoms with van der Waals surface area (Å²) in [5.41, 5.74) is 3.01. The molecule has 0 aromatic heterocycles. The number of rotatable bonds is 6. The predicted molar refractivity (Wildman–Crippen MR) is 105 cm³/mol. The van der Waals surface area contributed by atoms with Crippen LogP contribution >= 0.6 is 0 Å². The van der Waals surface area contributed by atoms with Gasteiger partial charge in [0.05, 0.1) is 19.8 Å². The Balaban J connectivity index is 1.82. The van der Waals surface area contributed by atoms with E-state index in [0.717, 1.165) is 11.1 Å². The number of carbonyl (C=O) groups is 1. The molecule has 8 heteroatoms. The summed E-state index contributed by atoms with van der Waals surface area (Å²) < 4.78 is 39.0. The second-order valence-corrected chi connectivity index (χ2v) is 8.55. The van der Waals surface area contributed by atoms with Crippen molar-refractivity contribution in [3.63, 3.8) is 0 Å². The van der Waals surface area contributed by atoms with Crippen molar-refractivity contribution in [3.05, 3.63) is 64.7 Å². The second kappa shape index (κ2) is 8.30. The average molecular weight is 404 g/mol. The molecule has 1 fully saturated rings. The van der Waals surface area contributed by atoms with Gasteiger partial charge in [-0.15, -0.1) is 0 Å². The zero-order valence-electron chi connectivity index (χ0n) is 16.2. The number of ether oxygens (including phenoxy) is 2.